The van der Waals surface area contributed by atoms with Gasteiger partial charge < -0.3 is 15.2 Å². The zero-order valence-electron chi connectivity index (χ0n) is 14.3. The molecule has 0 aliphatic carbocycles. The van der Waals surface area contributed by atoms with E-state index in [4.69, 9.17) is 15.2 Å². The zero-order chi connectivity index (χ0) is 19.4. The van der Waals surface area contributed by atoms with E-state index in [9.17, 15) is 13.6 Å². The van der Waals surface area contributed by atoms with Gasteiger partial charge in [0.1, 0.15) is 11.4 Å². The molecule has 1 aromatic carbocycles. The van der Waals surface area contributed by atoms with Crippen LogP contribution in [0.4, 0.5) is 8.78 Å². The maximum atomic E-state index is 13.2. The van der Waals surface area contributed by atoms with Gasteiger partial charge in [-0.2, -0.15) is 5.10 Å². The lowest BCUT2D eigenvalue weighted by molar-refractivity contribution is -0.119. The number of primary amides is 1. The van der Waals surface area contributed by atoms with Crippen LogP contribution in [0.2, 0.25) is 0 Å². The second-order valence-electron chi connectivity index (χ2n) is 5.51. The van der Waals surface area contributed by atoms with Gasteiger partial charge in [-0.3, -0.25) is 4.79 Å². The summed E-state index contributed by atoms with van der Waals surface area (Å²) >= 11 is 0. The van der Waals surface area contributed by atoms with E-state index < -0.39 is 12.3 Å². The Morgan fingerprint density at radius 2 is 1.96 bits per heavy atom. The number of halogens is 2. The predicted octanol–water partition coefficient (Wildman–Crippen LogP) is 2.74. The van der Waals surface area contributed by atoms with Crippen molar-refractivity contribution in [3.05, 3.63) is 54.4 Å². The molecule has 0 radical (unpaired) electrons. The lowest BCUT2D eigenvalue weighted by Gasteiger charge is -2.09. The van der Waals surface area contributed by atoms with Gasteiger partial charge in [0, 0.05) is 11.6 Å². The summed E-state index contributed by atoms with van der Waals surface area (Å²) in [7, 11) is 1.48. The topological polar surface area (TPSA) is 92.3 Å². The van der Waals surface area contributed by atoms with Crippen molar-refractivity contribution in [3.8, 4) is 28.6 Å². The van der Waals surface area contributed by atoms with Gasteiger partial charge in [0.05, 0.1) is 24.7 Å². The number of carbonyl (C=O) groups excluding carboxylic acids is 1. The number of benzene rings is 1. The van der Waals surface area contributed by atoms with Gasteiger partial charge in [-0.05, 0) is 36.4 Å². The number of nitrogens with zero attached hydrogens (tertiary/aromatic N) is 3. The van der Waals surface area contributed by atoms with Gasteiger partial charge in [0.25, 0.3) is 12.3 Å². The molecule has 1 amide bonds. The van der Waals surface area contributed by atoms with Crippen molar-refractivity contribution in [2.45, 2.75) is 6.43 Å². The molecule has 2 heterocycles. The van der Waals surface area contributed by atoms with Gasteiger partial charge in [-0.1, -0.05) is 0 Å². The summed E-state index contributed by atoms with van der Waals surface area (Å²) in [5.74, 6) is 0.243. The van der Waals surface area contributed by atoms with Gasteiger partial charge in [-0.15, -0.1) is 0 Å². The number of hydrogen-bond acceptors (Lipinski definition) is 5. The summed E-state index contributed by atoms with van der Waals surface area (Å²) in [5.41, 5.74) is 6.28. The fraction of sp³-hybridized carbons (Fsp3) is 0.167. The van der Waals surface area contributed by atoms with Gasteiger partial charge >= 0.3 is 0 Å². The predicted molar refractivity (Wildman–Crippen MR) is 93.0 cm³/mol. The fourth-order valence-corrected chi connectivity index (χ4v) is 2.40. The number of rotatable bonds is 7. The molecule has 7 nitrogen and oxygen atoms in total. The standard InChI is InChI=1S/C18H16F2N4O3/c1-26-17-7-4-12(9-22-17)24-15(8-14(23-24)18(19)20)11-2-5-13(6-3-11)27-10-16(21)25/h2-9,18H,10H2,1H3,(H2,21,25). The van der Waals surface area contributed by atoms with Crippen LogP contribution in [-0.4, -0.2) is 34.4 Å². The van der Waals surface area contributed by atoms with Crippen LogP contribution in [0.25, 0.3) is 16.9 Å². The molecular formula is C18H16F2N4O3. The molecule has 0 unspecified atom stereocenters. The molecule has 27 heavy (non-hydrogen) atoms. The summed E-state index contributed by atoms with van der Waals surface area (Å²) < 4.78 is 37.9. The molecule has 0 fully saturated rings. The fourth-order valence-electron chi connectivity index (χ4n) is 2.40. The Balaban J connectivity index is 1.97. The van der Waals surface area contributed by atoms with Gasteiger partial charge in [0.15, 0.2) is 6.61 Å². The minimum absolute atomic E-state index is 0.246. The van der Waals surface area contributed by atoms with Crippen LogP contribution in [-0.2, 0) is 4.79 Å². The number of hydrogen-bond donors (Lipinski definition) is 1. The highest BCUT2D eigenvalue weighted by Crippen LogP contribution is 2.29. The minimum atomic E-state index is -2.71. The SMILES string of the molecule is COc1ccc(-n2nc(C(F)F)cc2-c2ccc(OCC(N)=O)cc2)cn1. The first-order chi connectivity index (χ1) is 13.0. The third-order valence-corrected chi connectivity index (χ3v) is 3.66. The molecule has 3 rings (SSSR count). The van der Waals surface area contributed by atoms with Crippen LogP contribution in [0.15, 0.2) is 48.7 Å². The van der Waals surface area contributed by atoms with E-state index in [1.165, 1.54) is 24.1 Å². The summed E-state index contributed by atoms with van der Waals surface area (Å²) in [6.45, 7) is -0.246. The number of methoxy groups -OCH3 is 1. The number of amides is 1. The van der Waals surface area contributed by atoms with Crippen LogP contribution in [0.1, 0.15) is 12.1 Å². The second-order valence-corrected chi connectivity index (χ2v) is 5.51. The Hall–Kier alpha value is -3.49. The highest BCUT2D eigenvalue weighted by molar-refractivity contribution is 5.75. The Morgan fingerprint density at radius 1 is 1.22 bits per heavy atom. The largest absolute Gasteiger partial charge is 0.484 e. The smallest absolute Gasteiger partial charge is 0.282 e. The molecule has 0 aliphatic rings. The monoisotopic (exact) mass is 374 g/mol. The summed E-state index contributed by atoms with van der Waals surface area (Å²) in [4.78, 5) is 14.9. The molecule has 3 aromatic rings. The first-order valence-electron chi connectivity index (χ1n) is 7.88. The Bertz CT molecular complexity index is 925. The number of alkyl halides is 2. The number of carbonyl (C=O) groups is 1. The normalized spacial score (nSPS) is 10.8. The molecule has 2 N–H and O–H groups in total. The van der Waals surface area contributed by atoms with Crippen molar-refractivity contribution >= 4 is 5.91 Å². The first-order valence-corrected chi connectivity index (χ1v) is 7.88. The minimum Gasteiger partial charge on any atom is -0.484 e. The maximum absolute atomic E-state index is 13.2. The number of nitrogens with two attached hydrogens (primary N) is 1. The van der Waals surface area contributed by atoms with Crippen molar-refractivity contribution in [3.63, 3.8) is 0 Å². The Labute approximate surface area is 153 Å². The molecular weight excluding hydrogens is 358 g/mol. The van der Waals surface area contributed by atoms with E-state index in [0.29, 0.717) is 28.6 Å². The Kier molecular flexibility index (Phi) is 5.30. The summed E-state index contributed by atoms with van der Waals surface area (Å²) in [6.07, 6.45) is -1.23. The lowest BCUT2D eigenvalue weighted by atomic mass is 10.1. The van der Waals surface area contributed by atoms with Crippen LogP contribution in [0.5, 0.6) is 11.6 Å². The van der Waals surface area contributed by atoms with E-state index in [-0.39, 0.29) is 12.3 Å². The molecule has 9 heteroatoms. The maximum Gasteiger partial charge on any atom is 0.282 e. The molecule has 0 saturated heterocycles. The van der Waals surface area contributed by atoms with Crippen molar-refractivity contribution < 1.29 is 23.0 Å². The van der Waals surface area contributed by atoms with Crippen LogP contribution >= 0.6 is 0 Å². The van der Waals surface area contributed by atoms with Crippen molar-refractivity contribution in [2.75, 3.05) is 13.7 Å². The average Bonchev–Trinajstić information content (AvgIpc) is 3.12. The second kappa shape index (κ2) is 7.81. The van der Waals surface area contributed by atoms with E-state index in [1.807, 2.05) is 0 Å². The van der Waals surface area contributed by atoms with Crippen LogP contribution in [0.3, 0.4) is 0 Å². The van der Waals surface area contributed by atoms with Crippen molar-refractivity contribution in [1.82, 2.24) is 14.8 Å². The van der Waals surface area contributed by atoms with Gasteiger partial charge in [0.2, 0.25) is 5.88 Å². The molecule has 0 saturated carbocycles. The highest BCUT2D eigenvalue weighted by atomic mass is 19.3. The molecule has 0 aliphatic heterocycles. The molecule has 0 bridgehead atoms. The number of aromatic nitrogens is 3. The van der Waals surface area contributed by atoms with Crippen LogP contribution in [0, 0.1) is 0 Å². The zero-order valence-corrected chi connectivity index (χ0v) is 14.3. The summed E-state index contributed by atoms with van der Waals surface area (Å²) in [6, 6.07) is 11.2. The van der Waals surface area contributed by atoms with Gasteiger partial charge in [-0.25, -0.2) is 18.4 Å². The molecule has 0 spiro atoms. The number of pyridine rings is 1. The quantitative estimate of drug-likeness (QED) is 0.686. The van der Waals surface area contributed by atoms with E-state index in [2.05, 4.69) is 10.1 Å². The number of ether oxygens (including phenoxy) is 2. The highest BCUT2D eigenvalue weighted by Gasteiger charge is 2.18. The average molecular weight is 374 g/mol. The third kappa shape index (κ3) is 4.20. The van der Waals surface area contributed by atoms with E-state index in [1.54, 1.807) is 36.4 Å². The van der Waals surface area contributed by atoms with Crippen molar-refractivity contribution in [1.29, 1.82) is 0 Å². The first kappa shape index (κ1) is 18.3. The third-order valence-electron chi connectivity index (χ3n) is 3.66. The van der Waals surface area contributed by atoms with E-state index >= 15 is 0 Å². The lowest BCUT2D eigenvalue weighted by Crippen LogP contribution is -2.19. The molecule has 0 atom stereocenters. The molecule has 140 valence electrons. The van der Waals surface area contributed by atoms with Crippen LogP contribution < -0.4 is 15.2 Å². The van der Waals surface area contributed by atoms with Crippen molar-refractivity contribution in [2.24, 2.45) is 5.73 Å². The molecule has 2 aromatic heterocycles. The summed E-state index contributed by atoms with van der Waals surface area (Å²) in [5, 5.41) is 3.99. The van der Waals surface area contributed by atoms with E-state index in [0.717, 1.165) is 0 Å². The Morgan fingerprint density at radius 3 is 2.52 bits per heavy atom.